The number of aromatic nitrogens is 1. The van der Waals surface area contributed by atoms with E-state index < -0.39 is 17.6 Å². The van der Waals surface area contributed by atoms with Crippen LogP contribution in [0.2, 0.25) is 0 Å². The zero-order chi connectivity index (χ0) is 23.6. The highest BCUT2D eigenvalue weighted by molar-refractivity contribution is 7.09. The third-order valence-corrected chi connectivity index (χ3v) is 7.15. The van der Waals surface area contributed by atoms with Crippen molar-refractivity contribution in [3.05, 3.63) is 51.5 Å². The summed E-state index contributed by atoms with van der Waals surface area (Å²) in [7, 11) is 0. The van der Waals surface area contributed by atoms with Crippen LogP contribution in [0.15, 0.2) is 29.6 Å². The second-order valence-electron chi connectivity index (χ2n) is 8.57. The molecule has 0 atom stereocenters. The summed E-state index contributed by atoms with van der Waals surface area (Å²) in [6, 6.07) is 4.85. The minimum Gasteiger partial charge on any atom is -0.339 e. The van der Waals surface area contributed by atoms with Crippen molar-refractivity contribution in [2.24, 2.45) is 5.92 Å². The van der Waals surface area contributed by atoms with Gasteiger partial charge in [0.2, 0.25) is 5.91 Å². The van der Waals surface area contributed by atoms with Crippen molar-refractivity contribution in [3.8, 4) is 0 Å². The first kappa shape index (κ1) is 23.7. The molecule has 2 fully saturated rings. The zero-order valence-electron chi connectivity index (χ0n) is 18.5. The van der Waals surface area contributed by atoms with E-state index in [-0.39, 0.29) is 30.5 Å². The van der Waals surface area contributed by atoms with Crippen molar-refractivity contribution in [2.45, 2.75) is 32.5 Å². The lowest BCUT2D eigenvalue weighted by atomic mass is 9.95. The zero-order valence-corrected chi connectivity index (χ0v) is 19.3. The van der Waals surface area contributed by atoms with Gasteiger partial charge in [-0.2, -0.15) is 13.2 Å². The Balaban J connectivity index is 1.28. The lowest BCUT2D eigenvalue weighted by Crippen LogP contribution is -2.53. The van der Waals surface area contributed by atoms with E-state index in [0.717, 1.165) is 49.2 Å². The number of piperazine rings is 1. The van der Waals surface area contributed by atoms with E-state index in [1.54, 1.807) is 16.2 Å². The number of aryl methyl sites for hydroxylation is 1. The van der Waals surface area contributed by atoms with Crippen LogP contribution < -0.4 is 0 Å². The minimum atomic E-state index is -4.59. The molecule has 10 heteroatoms. The number of thiazole rings is 1. The lowest BCUT2D eigenvalue weighted by molar-refractivity contribution is -0.138. The van der Waals surface area contributed by atoms with E-state index in [2.05, 4.69) is 15.3 Å². The first-order valence-corrected chi connectivity index (χ1v) is 12.0. The predicted molar refractivity (Wildman–Crippen MR) is 119 cm³/mol. The van der Waals surface area contributed by atoms with E-state index in [0.29, 0.717) is 13.1 Å². The molecule has 3 heterocycles. The Bertz CT molecular complexity index is 994. The topological polar surface area (TPSA) is 56.8 Å². The van der Waals surface area contributed by atoms with Crippen molar-refractivity contribution in [2.75, 3.05) is 39.3 Å². The molecule has 6 nitrogen and oxygen atoms in total. The first-order valence-electron chi connectivity index (χ1n) is 11.1. The maximum atomic E-state index is 13.3. The number of carbonyl (C=O) groups excluding carboxylic acids is 2. The largest absolute Gasteiger partial charge is 0.417 e. The van der Waals surface area contributed by atoms with Crippen LogP contribution in [0.3, 0.4) is 0 Å². The summed E-state index contributed by atoms with van der Waals surface area (Å²) in [6.07, 6.45) is -3.03. The van der Waals surface area contributed by atoms with Crippen LogP contribution >= 0.6 is 11.3 Å². The molecule has 2 saturated heterocycles. The molecule has 0 saturated carbocycles. The van der Waals surface area contributed by atoms with E-state index in [4.69, 9.17) is 0 Å². The van der Waals surface area contributed by atoms with Gasteiger partial charge in [-0.15, -0.1) is 11.3 Å². The third kappa shape index (κ3) is 5.55. The normalized spacial score (nSPS) is 18.5. The fourth-order valence-corrected chi connectivity index (χ4v) is 5.13. The molecule has 0 aliphatic carbocycles. The second kappa shape index (κ2) is 9.80. The van der Waals surface area contributed by atoms with Crippen LogP contribution in [0, 0.1) is 12.8 Å². The molecule has 0 unspecified atom stereocenters. The number of carbonyl (C=O) groups is 2. The van der Waals surface area contributed by atoms with Crippen molar-refractivity contribution in [1.29, 1.82) is 0 Å². The summed E-state index contributed by atoms with van der Waals surface area (Å²) in [6.45, 7) is 5.61. The molecule has 0 spiro atoms. The Labute approximate surface area is 195 Å². The van der Waals surface area contributed by atoms with Gasteiger partial charge in [-0.25, -0.2) is 4.98 Å². The smallest absolute Gasteiger partial charge is 0.339 e. The summed E-state index contributed by atoms with van der Waals surface area (Å²) >= 11 is 1.64. The van der Waals surface area contributed by atoms with Gasteiger partial charge in [-0.1, -0.05) is 12.1 Å². The van der Waals surface area contributed by atoms with Crippen LogP contribution in [-0.2, 0) is 17.5 Å². The van der Waals surface area contributed by atoms with Gasteiger partial charge in [-0.3, -0.25) is 14.5 Å². The second-order valence-corrected chi connectivity index (χ2v) is 9.63. The van der Waals surface area contributed by atoms with Crippen LogP contribution in [0.1, 0.15) is 39.5 Å². The van der Waals surface area contributed by atoms with Gasteiger partial charge in [0.15, 0.2) is 0 Å². The van der Waals surface area contributed by atoms with Gasteiger partial charge >= 0.3 is 6.18 Å². The number of hydrogen-bond donors (Lipinski definition) is 0. The van der Waals surface area contributed by atoms with Crippen molar-refractivity contribution in [3.63, 3.8) is 0 Å². The number of piperidine rings is 1. The maximum Gasteiger partial charge on any atom is 0.417 e. The summed E-state index contributed by atoms with van der Waals surface area (Å²) in [5, 5.41) is 3.12. The predicted octanol–water partition coefficient (Wildman–Crippen LogP) is 3.67. The van der Waals surface area contributed by atoms with Crippen molar-refractivity contribution < 1.29 is 22.8 Å². The van der Waals surface area contributed by atoms with Gasteiger partial charge in [0.05, 0.1) is 21.8 Å². The highest BCUT2D eigenvalue weighted by atomic mass is 32.1. The molecular formula is C23H27F3N4O2S. The van der Waals surface area contributed by atoms with Gasteiger partial charge < -0.3 is 9.80 Å². The number of hydrogen-bond acceptors (Lipinski definition) is 5. The summed E-state index contributed by atoms with van der Waals surface area (Å²) in [5.74, 6) is -0.603. The van der Waals surface area contributed by atoms with E-state index in [9.17, 15) is 22.8 Å². The molecule has 2 aliphatic heterocycles. The van der Waals surface area contributed by atoms with Gasteiger partial charge in [-0.05, 0) is 45.0 Å². The fourth-order valence-electron chi connectivity index (χ4n) is 4.52. The number of alkyl halides is 3. The number of amides is 2. The molecule has 2 aromatic rings. The van der Waals surface area contributed by atoms with Crippen LogP contribution in [0.4, 0.5) is 13.2 Å². The molecule has 2 amide bonds. The average Bonchev–Trinajstić information content (AvgIpc) is 3.22. The number of benzene rings is 1. The lowest BCUT2D eigenvalue weighted by Gasteiger charge is -2.38. The molecule has 33 heavy (non-hydrogen) atoms. The number of nitrogens with zero attached hydrogens (tertiary/aromatic N) is 4. The van der Waals surface area contributed by atoms with Crippen LogP contribution in [-0.4, -0.2) is 70.8 Å². The minimum absolute atomic E-state index is 0.0494. The summed E-state index contributed by atoms with van der Waals surface area (Å²) in [5.41, 5.74) is -0.198. The van der Waals surface area contributed by atoms with Gasteiger partial charge in [0.25, 0.3) is 5.91 Å². The molecule has 1 aromatic carbocycles. The molecule has 2 aliphatic rings. The molecule has 0 radical (unpaired) electrons. The van der Waals surface area contributed by atoms with E-state index in [1.807, 2.05) is 6.92 Å². The Morgan fingerprint density at radius 3 is 2.27 bits per heavy atom. The molecule has 178 valence electrons. The summed E-state index contributed by atoms with van der Waals surface area (Å²) in [4.78, 5) is 35.7. The molecule has 1 aromatic heterocycles. The van der Waals surface area contributed by atoms with Crippen LogP contribution in [0.25, 0.3) is 0 Å². The van der Waals surface area contributed by atoms with E-state index in [1.165, 1.54) is 23.1 Å². The fraction of sp³-hybridized carbons (Fsp3) is 0.522. The highest BCUT2D eigenvalue weighted by Crippen LogP contribution is 2.32. The van der Waals surface area contributed by atoms with Gasteiger partial charge in [0.1, 0.15) is 0 Å². The Hall–Kier alpha value is -2.46. The Kier molecular flexibility index (Phi) is 7.04. The molecule has 0 N–H and O–H groups in total. The average molecular weight is 481 g/mol. The first-order chi connectivity index (χ1) is 15.7. The Morgan fingerprint density at radius 1 is 1.03 bits per heavy atom. The standard InChI is InChI=1S/C23H27F3N4O2S/c1-16-27-18(15-33-16)14-28-8-6-17(7-9-28)21(31)29-10-12-30(13-11-29)22(32)19-4-2-3-5-20(19)23(24,25)26/h2-5,15,17H,6-14H2,1H3. The number of likely N-dealkylation sites (tertiary alicyclic amines) is 1. The Morgan fingerprint density at radius 2 is 1.67 bits per heavy atom. The number of rotatable bonds is 4. The SMILES string of the molecule is Cc1nc(CN2CCC(C(=O)N3CCN(C(=O)c4ccccc4C(F)(F)F)CC3)CC2)cs1. The van der Waals surface area contributed by atoms with E-state index >= 15 is 0 Å². The third-order valence-electron chi connectivity index (χ3n) is 6.33. The summed E-state index contributed by atoms with van der Waals surface area (Å²) < 4.78 is 39.8. The van der Waals surface area contributed by atoms with Gasteiger partial charge in [0, 0.05) is 44.0 Å². The molecule has 4 rings (SSSR count). The van der Waals surface area contributed by atoms with Crippen molar-refractivity contribution in [1.82, 2.24) is 19.7 Å². The van der Waals surface area contributed by atoms with Crippen molar-refractivity contribution >= 4 is 23.2 Å². The van der Waals surface area contributed by atoms with Crippen LogP contribution in [0.5, 0.6) is 0 Å². The monoisotopic (exact) mass is 480 g/mol. The molecular weight excluding hydrogens is 453 g/mol. The molecule has 0 bridgehead atoms. The highest BCUT2D eigenvalue weighted by Gasteiger charge is 2.37. The number of halogens is 3. The quantitative estimate of drug-likeness (QED) is 0.670. The maximum absolute atomic E-state index is 13.3.